The van der Waals surface area contributed by atoms with Gasteiger partial charge in [0.1, 0.15) is 5.75 Å². The third-order valence-corrected chi connectivity index (χ3v) is 5.80. The standard InChI is InChI=1S/C15H25O4P.C12H10/c1-2-3-4-5-6-7-11-14-18-20(16,17)19-15-12-9-8-10-13-15;1-3-7-11(8-4-1)12-9-5-2-6-10-12/h8-10,12-13H,2-7,11,14H2,1H3,(H,16,17);1-10H. The highest BCUT2D eigenvalue weighted by Gasteiger charge is 2.22. The van der Waals surface area contributed by atoms with Gasteiger partial charge in [0.2, 0.25) is 0 Å². The SMILES string of the molecule is CCCCCCCCCOP(=O)(O)Oc1ccccc1.c1ccc(-c2ccccc2)cc1. The summed E-state index contributed by atoms with van der Waals surface area (Å²) in [5.41, 5.74) is 2.55. The number of hydrogen-bond donors (Lipinski definition) is 1. The average Bonchev–Trinajstić information content (AvgIpc) is 2.83. The van der Waals surface area contributed by atoms with Crippen molar-refractivity contribution >= 4 is 7.82 Å². The Morgan fingerprint density at radius 3 is 1.59 bits per heavy atom. The van der Waals surface area contributed by atoms with Crippen molar-refractivity contribution in [1.29, 1.82) is 0 Å². The smallest absolute Gasteiger partial charge is 0.404 e. The molecule has 1 atom stereocenters. The van der Waals surface area contributed by atoms with Crippen molar-refractivity contribution in [1.82, 2.24) is 0 Å². The van der Waals surface area contributed by atoms with E-state index in [-0.39, 0.29) is 6.61 Å². The van der Waals surface area contributed by atoms with Crippen LogP contribution in [0.5, 0.6) is 5.75 Å². The summed E-state index contributed by atoms with van der Waals surface area (Å²) in [5, 5.41) is 0. The van der Waals surface area contributed by atoms with Crippen LogP contribution in [0, 0.1) is 0 Å². The lowest BCUT2D eigenvalue weighted by atomic mass is 10.1. The Kier molecular flexibility index (Phi) is 12.5. The zero-order valence-corrected chi connectivity index (χ0v) is 19.8. The molecule has 3 aromatic carbocycles. The largest absolute Gasteiger partial charge is 0.527 e. The van der Waals surface area contributed by atoms with E-state index in [2.05, 4.69) is 55.5 Å². The number of unbranched alkanes of at least 4 members (excludes halogenated alkanes) is 6. The molecule has 0 spiro atoms. The fourth-order valence-corrected chi connectivity index (χ4v) is 3.94. The number of phosphoric ester groups is 1. The van der Waals surface area contributed by atoms with E-state index in [0.29, 0.717) is 5.75 Å². The molecule has 0 fully saturated rings. The van der Waals surface area contributed by atoms with Crippen molar-refractivity contribution in [3.63, 3.8) is 0 Å². The van der Waals surface area contributed by atoms with Crippen LogP contribution in [-0.2, 0) is 9.09 Å². The number of para-hydroxylation sites is 1. The summed E-state index contributed by atoms with van der Waals surface area (Å²) in [6.45, 7) is 2.45. The van der Waals surface area contributed by atoms with Crippen molar-refractivity contribution < 1.29 is 18.5 Å². The summed E-state index contributed by atoms with van der Waals surface area (Å²) in [6.07, 6.45) is 7.99. The third-order valence-electron chi connectivity index (χ3n) is 4.85. The first-order valence-corrected chi connectivity index (χ1v) is 12.9. The quantitative estimate of drug-likeness (QED) is 0.221. The van der Waals surface area contributed by atoms with Crippen LogP contribution in [0.25, 0.3) is 11.1 Å². The molecule has 1 unspecified atom stereocenters. The Hall–Kier alpha value is -2.39. The molecule has 4 nitrogen and oxygen atoms in total. The lowest BCUT2D eigenvalue weighted by Gasteiger charge is -2.12. The molecular weight excluding hydrogens is 419 g/mol. The lowest BCUT2D eigenvalue weighted by Crippen LogP contribution is -1.99. The maximum atomic E-state index is 11.7. The van der Waals surface area contributed by atoms with Gasteiger partial charge in [0, 0.05) is 0 Å². The predicted octanol–water partition coefficient (Wildman–Crippen LogP) is 8.29. The molecule has 0 aliphatic heterocycles. The first-order valence-electron chi connectivity index (χ1n) is 11.4. The monoisotopic (exact) mass is 454 g/mol. The second-order valence-corrected chi connectivity index (χ2v) is 8.94. The normalized spacial score (nSPS) is 12.3. The Morgan fingerprint density at radius 1 is 0.656 bits per heavy atom. The fraction of sp³-hybridized carbons (Fsp3) is 0.333. The van der Waals surface area contributed by atoms with E-state index in [1.54, 1.807) is 24.3 Å². The van der Waals surface area contributed by atoms with Crippen LogP contribution >= 0.6 is 7.82 Å². The fourth-order valence-electron chi connectivity index (χ4n) is 3.14. The van der Waals surface area contributed by atoms with Gasteiger partial charge in [-0.25, -0.2) is 4.57 Å². The highest BCUT2D eigenvalue weighted by atomic mass is 31.2. The summed E-state index contributed by atoms with van der Waals surface area (Å²) in [7, 11) is -3.98. The molecule has 5 heteroatoms. The summed E-state index contributed by atoms with van der Waals surface area (Å²) < 4.78 is 21.6. The van der Waals surface area contributed by atoms with Crippen LogP contribution in [0.2, 0.25) is 0 Å². The van der Waals surface area contributed by atoms with Gasteiger partial charge in [-0.05, 0) is 29.7 Å². The van der Waals surface area contributed by atoms with Crippen molar-refractivity contribution in [3.8, 4) is 16.9 Å². The van der Waals surface area contributed by atoms with Gasteiger partial charge in [0.05, 0.1) is 6.61 Å². The lowest BCUT2D eigenvalue weighted by molar-refractivity contribution is 0.199. The average molecular weight is 455 g/mol. The van der Waals surface area contributed by atoms with Crippen molar-refractivity contribution in [2.45, 2.75) is 51.9 Å². The molecule has 0 heterocycles. The molecule has 0 aliphatic rings. The number of hydrogen-bond acceptors (Lipinski definition) is 3. The van der Waals surface area contributed by atoms with Crippen molar-refractivity contribution in [2.75, 3.05) is 6.61 Å². The highest BCUT2D eigenvalue weighted by molar-refractivity contribution is 7.47. The van der Waals surface area contributed by atoms with Crippen LogP contribution in [-0.4, -0.2) is 11.5 Å². The minimum Gasteiger partial charge on any atom is -0.404 e. The van der Waals surface area contributed by atoms with Gasteiger partial charge in [-0.15, -0.1) is 0 Å². The molecule has 3 aromatic rings. The van der Waals surface area contributed by atoms with Gasteiger partial charge in [0.15, 0.2) is 0 Å². The minimum absolute atomic E-state index is 0.258. The molecule has 3 rings (SSSR count). The Morgan fingerprint density at radius 2 is 1.09 bits per heavy atom. The maximum Gasteiger partial charge on any atom is 0.527 e. The number of benzene rings is 3. The summed E-state index contributed by atoms with van der Waals surface area (Å²) in [4.78, 5) is 9.55. The van der Waals surface area contributed by atoms with Crippen LogP contribution < -0.4 is 4.52 Å². The molecule has 0 saturated heterocycles. The summed E-state index contributed by atoms with van der Waals surface area (Å²) >= 11 is 0. The number of phosphoric acid groups is 1. The van der Waals surface area contributed by atoms with E-state index in [1.807, 2.05) is 18.2 Å². The molecule has 0 radical (unpaired) electrons. The second kappa shape index (κ2) is 15.4. The first kappa shape index (κ1) is 25.9. The molecule has 1 N–H and O–H groups in total. The molecule has 0 bridgehead atoms. The van der Waals surface area contributed by atoms with E-state index >= 15 is 0 Å². The highest BCUT2D eigenvalue weighted by Crippen LogP contribution is 2.43. The van der Waals surface area contributed by atoms with Crippen LogP contribution in [0.4, 0.5) is 0 Å². The van der Waals surface area contributed by atoms with E-state index in [1.165, 1.54) is 36.8 Å². The van der Waals surface area contributed by atoms with Crippen LogP contribution in [0.3, 0.4) is 0 Å². The minimum atomic E-state index is -3.98. The predicted molar refractivity (Wildman–Crippen MR) is 133 cm³/mol. The maximum absolute atomic E-state index is 11.7. The van der Waals surface area contributed by atoms with Crippen LogP contribution in [0.1, 0.15) is 51.9 Å². The van der Waals surface area contributed by atoms with E-state index in [0.717, 1.165) is 19.3 Å². The molecule has 0 saturated carbocycles. The third kappa shape index (κ3) is 11.3. The van der Waals surface area contributed by atoms with Gasteiger partial charge in [0.25, 0.3) is 0 Å². The van der Waals surface area contributed by atoms with Gasteiger partial charge in [-0.1, -0.05) is 124 Å². The Balaban J connectivity index is 0.000000255. The van der Waals surface area contributed by atoms with Crippen molar-refractivity contribution in [2.24, 2.45) is 0 Å². The topological polar surface area (TPSA) is 55.8 Å². The second-order valence-electron chi connectivity index (χ2n) is 7.56. The van der Waals surface area contributed by atoms with Gasteiger partial charge in [-0.3, -0.25) is 9.42 Å². The molecule has 0 aromatic heterocycles. The zero-order chi connectivity index (χ0) is 22.9. The first-order chi connectivity index (χ1) is 15.6. The summed E-state index contributed by atoms with van der Waals surface area (Å²) in [6, 6.07) is 29.3. The van der Waals surface area contributed by atoms with Crippen molar-refractivity contribution in [3.05, 3.63) is 91.0 Å². The van der Waals surface area contributed by atoms with E-state index in [9.17, 15) is 9.46 Å². The molecule has 0 aliphatic carbocycles. The van der Waals surface area contributed by atoms with Gasteiger partial charge >= 0.3 is 7.82 Å². The van der Waals surface area contributed by atoms with E-state index < -0.39 is 7.82 Å². The molecule has 32 heavy (non-hydrogen) atoms. The zero-order valence-electron chi connectivity index (χ0n) is 18.9. The van der Waals surface area contributed by atoms with Gasteiger partial charge < -0.3 is 4.52 Å². The summed E-state index contributed by atoms with van der Waals surface area (Å²) in [5.74, 6) is 0.345. The van der Waals surface area contributed by atoms with E-state index in [4.69, 9.17) is 9.05 Å². The molecule has 0 amide bonds. The van der Waals surface area contributed by atoms with Crippen LogP contribution in [0.15, 0.2) is 91.0 Å². The Bertz CT molecular complexity index is 848. The molecule has 172 valence electrons. The van der Waals surface area contributed by atoms with Gasteiger partial charge in [-0.2, -0.15) is 0 Å². The Labute approximate surface area is 192 Å². The molecular formula is C27H35O4P. The number of rotatable bonds is 12.